The predicted molar refractivity (Wildman–Crippen MR) is 78.7 cm³/mol. The Morgan fingerprint density at radius 2 is 1.89 bits per heavy atom. The van der Waals surface area contributed by atoms with Gasteiger partial charge in [0.05, 0.1) is 0 Å². The standard InChI is InChI=1S/C16H30N2O/c1-2-4-13-7-9-18(10-8-13)16(19)15-6-3-5-14(11-15)12-17/h13-15H,2-12,17H2,1H3. The SMILES string of the molecule is CCCC1CCN(C(=O)C2CCCC(CN)C2)CC1. The van der Waals surface area contributed by atoms with Gasteiger partial charge in [-0.15, -0.1) is 0 Å². The highest BCUT2D eigenvalue weighted by atomic mass is 16.2. The minimum absolute atomic E-state index is 0.269. The first-order valence-corrected chi connectivity index (χ1v) is 8.23. The molecular formula is C16H30N2O. The van der Waals surface area contributed by atoms with Crippen LogP contribution in [0.15, 0.2) is 0 Å². The number of likely N-dealkylation sites (tertiary alicyclic amines) is 1. The highest BCUT2D eigenvalue weighted by molar-refractivity contribution is 5.79. The lowest BCUT2D eigenvalue weighted by Gasteiger charge is -2.36. The predicted octanol–water partition coefficient (Wildman–Crippen LogP) is 2.79. The molecule has 1 aliphatic heterocycles. The molecule has 1 saturated carbocycles. The van der Waals surface area contributed by atoms with E-state index in [1.54, 1.807) is 0 Å². The summed E-state index contributed by atoms with van der Waals surface area (Å²) in [5, 5.41) is 0. The normalized spacial score (nSPS) is 29.5. The fourth-order valence-corrected chi connectivity index (χ4v) is 3.84. The van der Waals surface area contributed by atoms with Crippen LogP contribution in [0.3, 0.4) is 0 Å². The molecule has 2 aliphatic rings. The second-order valence-electron chi connectivity index (χ2n) is 6.52. The molecule has 2 atom stereocenters. The number of rotatable bonds is 4. The van der Waals surface area contributed by atoms with E-state index in [2.05, 4.69) is 11.8 Å². The van der Waals surface area contributed by atoms with Crippen molar-refractivity contribution in [3.63, 3.8) is 0 Å². The highest BCUT2D eigenvalue weighted by Gasteiger charge is 2.31. The molecule has 19 heavy (non-hydrogen) atoms. The van der Waals surface area contributed by atoms with Crippen molar-refractivity contribution in [1.82, 2.24) is 4.90 Å². The summed E-state index contributed by atoms with van der Waals surface area (Å²) in [6, 6.07) is 0. The number of hydrogen-bond acceptors (Lipinski definition) is 2. The molecule has 0 bridgehead atoms. The van der Waals surface area contributed by atoms with Gasteiger partial charge in [0, 0.05) is 19.0 Å². The summed E-state index contributed by atoms with van der Waals surface area (Å²) in [6.45, 7) is 5.00. The molecule has 2 rings (SSSR count). The first-order valence-electron chi connectivity index (χ1n) is 8.23. The molecule has 1 aliphatic carbocycles. The third-order valence-corrected chi connectivity index (χ3v) is 5.09. The van der Waals surface area contributed by atoms with Crippen molar-refractivity contribution in [2.75, 3.05) is 19.6 Å². The van der Waals surface area contributed by atoms with E-state index in [0.29, 0.717) is 11.8 Å². The fourth-order valence-electron chi connectivity index (χ4n) is 3.84. The Labute approximate surface area is 117 Å². The second kappa shape index (κ2) is 7.28. The van der Waals surface area contributed by atoms with Crippen LogP contribution in [0.25, 0.3) is 0 Å². The van der Waals surface area contributed by atoms with Crippen LogP contribution in [-0.4, -0.2) is 30.4 Å². The zero-order valence-corrected chi connectivity index (χ0v) is 12.4. The van der Waals surface area contributed by atoms with Crippen molar-refractivity contribution in [1.29, 1.82) is 0 Å². The monoisotopic (exact) mass is 266 g/mol. The maximum atomic E-state index is 12.6. The van der Waals surface area contributed by atoms with E-state index < -0.39 is 0 Å². The van der Waals surface area contributed by atoms with E-state index in [1.165, 1.54) is 38.5 Å². The molecule has 0 aromatic rings. The van der Waals surface area contributed by atoms with Gasteiger partial charge >= 0.3 is 0 Å². The Hall–Kier alpha value is -0.570. The summed E-state index contributed by atoms with van der Waals surface area (Å²) < 4.78 is 0. The van der Waals surface area contributed by atoms with Crippen LogP contribution in [0.5, 0.6) is 0 Å². The van der Waals surface area contributed by atoms with Crippen molar-refractivity contribution in [3.05, 3.63) is 0 Å². The van der Waals surface area contributed by atoms with Gasteiger partial charge in [0.2, 0.25) is 5.91 Å². The summed E-state index contributed by atoms with van der Waals surface area (Å²) in [5.74, 6) is 2.13. The lowest BCUT2D eigenvalue weighted by molar-refractivity contribution is -0.138. The molecule has 110 valence electrons. The molecule has 1 heterocycles. The molecule has 0 aromatic heterocycles. The van der Waals surface area contributed by atoms with Crippen LogP contribution in [0.2, 0.25) is 0 Å². The van der Waals surface area contributed by atoms with E-state index in [1.807, 2.05) is 0 Å². The summed E-state index contributed by atoms with van der Waals surface area (Å²) in [4.78, 5) is 14.7. The first kappa shape index (κ1) is 14.8. The quantitative estimate of drug-likeness (QED) is 0.850. The second-order valence-corrected chi connectivity index (χ2v) is 6.52. The number of nitrogens with zero attached hydrogens (tertiary/aromatic N) is 1. The number of hydrogen-bond donors (Lipinski definition) is 1. The zero-order chi connectivity index (χ0) is 13.7. The zero-order valence-electron chi connectivity index (χ0n) is 12.4. The van der Waals surface area contributed by atoms with Crippen LogP contribution >= 0.6 is 0 Å². The molecule has 3 nitrogen and oxygen atoms in total. The van der Waals surface area contributed by atoms with Gasteiger partial charge in [-0.1, -0.05) is 26.2 Å². The number of carbonyl (C=O) groups excluding carboxylic acids is 1. The summed E-state index contributed by atoms with van der Waals surface area (Å²) >= 11 is 0. The number of nitrogens with two attached hydrogens (primary N) is 1. The Bertz CT molecular complexity index is 284. The molecule has 0 aromatic carbocycles. The summed E-state index contributed by atoms with van der Waals surface area (Å²) in [5.41, 5.74) is 5.77. The average molecular weight is 266 g/mol. The molecule has 1 amide bonds. The Kier molecular flexibility index (Phi) is 5.68. The number of amides is 1. The maximum absolute atomic E-state index is 12.6. The van der Waals surface area contributed by atoms with Crippen LogP contribution in [0.1, 0.15) is 58.3 Å². The summed E-state index contributed by atoms with van der Waals surface area (Å²) in [7, 11) is 0. The van der Waals surface area contributed by atoms with Crippen LogP contribution in [0.4, 0.5) is 0 Å². The minimum Gasteiger partial charge on any atom is -0.342 e. The highest BCUT2D eigenvalue weighted by Crippen LogP contribution is 2.31. The van der Waals surface area contributed by atoms with Crippen molar-refractivity contribution in [2.45, 2.75) is 58.3 Å². The lowest BCUT2D eigenvalue weighted by Crippen LogP contribution is -2.43. The molecule has 2 N–H and O–H groups in total. The van der Waals surface area contributed by atoms with Crippen LogP contribution < -0.4 is 5.73 Å². The molecule has 3 heteroatoms. The first-order chi connectivity index (χ1) is 9.24. The van der Waals surface area contributed by atoms with Crippen molar-refractivity contribution in [2.24, 2.45) is 23.5 Å². The van der Waals surface area contributed by atoms with Gasteiger partial charge in [-0.25, -0.2) is 0 Å². The molecule has 2 fully saturated rings. The fraction of sp³-hybridized carbons (Fsp3) is 0.938. The van der Waals surface area contributed by atoms with Crippen LogP contribution in [-0.2, 0) is 4.79 Å². The third-order valence-electron chi connectivity index (χ3n) is 5.09. The molecule has 2 unspecified atom stereocenters. The molecule has 0 radical (unpaired) electrons. The topological polar surface area (TPSA) is 46.3 Å². The number of piperidine rings is 1. The summed E-state index contributed by atoms with van der Waals surface area (Å²) in [6.07, 6.45) is 9.57. The smallest absolute Gasteiger partial charge is 0.225 e. The van der Waals surface area contributed by atoms with Gasteiger partial charge in [0.25, 0.3) is 0 Å². The van der Waals surface area contributed by atoms with Gasteiger partial charge in [0.1, 0.15) is 0 Å². The largest absolute Gasteiger partial charge is 0.342 e. The maximum Gasteiger partial charge on any atom is 0.225 e. The van der Waals surface area contributed by atoms with E-state index in [4.69, 9.17) is 5.73 Å². The van der Waals surface area contributed by atoms with Crippen molar-refractivity contribution >= 4 is 5.91 Å². The van der Waals surface area contributed by atoms with Crippen LogP contribution in [0, 0.1) is 17.8 Å². The van der Waals surface area contributed by atoms with E-state index in [0.717, 1.165) is 38.4 Å². The Morgan fingerprint density at radius 3 is 2.53 bits per heavy atom. The molecule has 1 saturated heterocycles. The van der Waals surface area contributed by atoms with Gasteiger partial charge in [-0.3, -0.25) is 4.79 Å². The Balaban J connectivity index is 1.80. The van der Waals surface area contributed by atoms with Crippen molar-refractivity contribution < 1.29 is 4.79 Å². The van der Waals surface area contributed by atoms with Gasteiger partial charge in [-0.05, 0) is 50.5 Å². The van der Waals surface area contributed by atoms with Gasteiger partial charge < -0.3 is 10.6 Å². The minimum atomic E-state index is 0.269. The average Bonchev–Trinajstić information content (AvgIpc) is 2.48. The Morgan fingerprint density at radius 1 is 1.16 bits per heavy atom. The third kappa shape index (κ3) is 3.95. The van der Waals surface area contributed by atoms with E-state index >= 15 is 0 Å². The van der Waals surface area contributed by atoms with Crippen molar-refractivity contribution in [3.8, 4) is 0 Å². The molecule has 0 spiro atoms. The number of carbonyl (C=O) groups is 1. The molecular weight excluding hydrogens is 236 g/mol. The van der Waals surface area contributed by atoms with Gasteiger partial charge in [0.15, 0.2) is 0 Å². The van der Waals surface area contributed by atoms with E-state index in [-0.39, 0.29) is 5.92 Å². The van der Waals surface area contributed by atoms with Gasteiger partial charge in [-0.2, -0.15) is 0 Å². The lowest BCUT2D eigenvalue weighted by atomic mass is 9.80. The van der Waals surface area contributed by atoms with E-state index in [9.17, 15) is 4.79 Å².